The Morgan fingerprint density at radius 3 is 1.95 bits per heavy atom. The van der Waals surface area contributed by atoms with Crippen LogP contribution in [0.1, 0.15) is 202 Å². The lowest BCUT2D eigenvalue weighted by Gasteiger charge is -2.59. The van der Waals surface area contributed by atoms with Gasteiger partial charge in [-0.25, -0.2) is 9.78 Å². The molecule has 12 aliphatic rings. The number of hydrogen-bond donors (Lipinski definition) is 0. The number of allylic oxidation sites excluding steroid dienone is 8. The monoisotopic (exact) mass is 1200 g/mol. The van der Waals surface area contributed by atoms with Gasteiger partial charge in [0.05, 0.1) is 5.41 Å². The molecule has 86 heavy (non-hydrogen) atoms. The van der Waals surface area contributed by atoms with Gasteiger partial charge >= 0.3 is 11.9 Å². The van der Waals surface area contributed by atoms with E-state index in [-0.39, 0.29) is 52.4 Å². The molecule has 14 heteroatoms. The molecule has 16 atom stereocenters. The molecular weight excluding hydrogens is 1100 g/mol. The first-order valence-electron chi connectivity index (χ1n) is 33.4. The number of carbonyl (C=O) groups is 2. The van der Waals surface area contributed by atoms with Crippen molar-refractivity contribution in [1.29, 1.82) is 0 Å². The average molecular weight is 1200 g/mol. The Labute approximate surface area is 516 Å². The molecule has 13 nitrogen and oxygen atoms in total. The second-order valence-electron chi connectivity index (χ2n) is 29.3. The summed E-state index contributed by atoms with van der Waals surface area (Å²) in [4.78, 5) is 41.9. The van der Waals surface area contributed by atoms with E-state index in [4.69, 9.17) is 54.5 Å². The molecule has 0 aromatic heterocycles. The molecule has 9 fully saturated rings. The highest BCUT2D eigenvalue weighted by molar-refractivity contribution is 6.32. The minimum atomic E-state index is -0.878. The molecule has 3 aliphatic carbocycles. The molecule has 2 aromatic rings. The highest BCUT2D eigenvalue weighted by atomic mass is 35.5. The predicted molar refractivity (Wildman–Crippen MR) is 330 cm³/mol. The summed E-state index contributed by atoms with van der Waals surface area (Å²) < 4.78 is 47.8. The van der Waals surface area contributed by atoms with Gasteiger partial charge in [0, 0.05) is 102 Å². The van der Waals surface area contributed by atoms with Gasteiger partial charge in [0.15, 0.2) is 29.7 Å². The van der Waals surface area contributed by atoms with Gasteiger partial charge < -0.3 is 38.1 Å². The summed E-state index contributed by atoms with van der Waals surface area (Å²) in [5.41, 5.74) is 8.34. The van der Waals surface area contributed by atoms with Gasteiger partial charge in [-0.3, -0.25) is 9.59 Å². The zero-order valence-electron chi connectivity index (χ0n) is 53.0. The molecule has 14 rings (SSSR count). The molecule has 9 heterocycles. The minimum absolute atomic E-state index is 0.0272. The first-order chi connectivity index (χ1) is 41.2. The predicted octanol–water partition coefficient (Wildman–Crippen LogP) is 15.6. The third kappa shape index (κ3) is 10.4. The molecule has 466 valence electrons. The molecule has 9 aliphatic heterocycles. The van der Waals surface area contributed by atoms with Crippen LogP contribution in [0.2, 0.25) is 0 Å². The number of hydrogen-bond acceptors (Lipinski definition) is 12. The maximum atomic E-state index is 13.6. The molecule has 2 spiro atoms. The third-order valence-electron chi connectivity index (χ3n) is 23.2. The quantitative estimate of drug-likeness (QED) is 0.0648. The van der Waals surface area contributed by atoms with E-state index >= 15 is 0 Å². The number of esters is 2. The summed E-state index contributed by atoms with van der Waals surface area (Å²) in [6.07, 6.45) is 23.2. The van der Waals surface area contributed by atoms with Crippen molar-refractivity contribution in [3.05, 3.63) is 106 Å². The Hall–Kier alpha value is -4.18. The Morgan fingerprint density at radius 1 is 0.640 bits per heavy atom. The smallest absolute Gasteiger partial charge is 0.308 e. The minimum Gasteiger partial charge on any atom is -0.435 e. The SMILES string of the molecule is C[C@@H]1CC[C@H]2[C@@H](C)C(OC(=O)CCCCCN3C(=CC=C4CCCC(C=CC5=[N+](CCCCCC(=O)OC6O[C@@H]7O[C@@]8(C)CC[C@H]9[C@H](C)CC[C@@H]([C@H]6C)[C@@]79O8)c6ccccc6C5(C)C)=C4Cl)C(C)(C)c4ccccc43)O[C@@H]3O[C@@]4(C)CC[C@@H]1[C@]32OO4. The van der Waals surface area contributed by atoms with Crippen molar-refractivity contribution in [2.75, 3.05) is 18.0 Å². The van der Waals surface area contributed by atoms with Crippen molar-refractivity contribution in [2.24, 2.45) is 47.3 Å². The van der Waals surface area contributed by atoms with Crippen LogP contribution in [-0.2, 0) is 63.4 Å². The Bertz CT molecular complexity index is 3110. The van der Waals surface area contributed by atoms with E-state index in [0.29, 0.717) is 30.6 Å². The Balaban J connectivity index is 0.633. The van der Waals surface area contributed by atoms with E-state index < -0.39 is 47.9 Å². The zero-order valence-corrected chi connectivity index (χ0v) is 53.7. The van der Waals surface area contributed by atoms with Gasteiger partial charge in [-0.15, -0.1) is 0 Å². The van der Waals surface area contributed by atoms with E-state index in [1.165, 1.54) is 33.9 Å². The second kappa shape index (κ2) is 23.2. The van der Waals surface area contributed by atoms with Gasteiger partial charge in [-0.2, -0.15) is 4.58 Å². The van der Waals surface area contributed by atoms with Crippen LogP contribution in [0.15, 0.2) is 94.7 Å². The maximum Gasteiger partial charge on any atom is 0.308 e. The standard InChI is InChI=1S/C72H96ClN2O11/c1-44-30-34-52-46(3)63(80-65-71(52)50(44)38-40-69(9,82-65)84-71)78-60(76)28-13-11-19-42-74-56-26-17-15-24-54(56)67(5,6)58(74)36-32-48-22-21-23-49(62(48)73)33-37-59-68(7,8)55-25-16-18-27-57(55)75(59)43-20-12-14-29-61(77)79-64-47(4)53-35-31-45(2)51-39-41-70(10)83-66(81-64)72(51,53)86-85-70/h15-18,24-27,32-33,36-37,44-47,50-53,63-66H,11-14,19-23,28-31,34-35,38-43H2,1-10H3/q+1/t44-,45-,46-,47-,50+,51+,52+,53+,63?,64?,65-,66-,69-,70-,71-,72-/m1/s1. The number of ether oxygens (including phenoxy) is 7. The molecule has 0 N–H and O–H groups in total. The number of anilines is 1. The largest absolute Gasteiger partial charge is 0.435 e. The number of benzene rings is 2. The fraction of sp³-hybridized carbons (Fsp3) is 0.681. The summed E-state index contributed by atoms with van der Waals surface area (Å²) in [7, 11) is 0. The average Bonchev–Trinajstić information content (AvgIpc) is 1.34. The van der Waals surface area contributed by atoms with Crippen LogP contribution in [0.4, 0.5) is 11.4 Å². The second-order valence-corrected chi connectivity index (χ2v) is 29.7. The number of carbonyl (C=O) groups excluding carboxylic acids is 2. The molecule has 2 aromatic carbocycles. The lowest BCUT2D eigenvalue weighted by atomic mass is 9.57. The van der Waals surface area contributed by atoms with Crippen molar-refractivity contribution < 1.29 is 57.1 Å². The molecule has 0 radical (unpaired) electrons. The van der Waals surface area contributed by atoms with Gasteiger partial charge in [-0.05, 0) is 164 Å². The van der Waals surface area contributed by atoms with Gasteiger partial charge in [0.1, 0.15) is 12.1 Å². The number of halogens is 1. The number of unbranched alkanes of at least 4 members (excludes halogenated alkanes) is 4. The van der Waals surface area contributed by atoms with Crippen molar-refractivity contribution in [1.82, 2.24) is 0 Å². The van der Waals surface area contributed by atoms with E-state index in [0.717, 1.165) is 138 Å². The van der Waals surface area contributed by atoms with Crippen LogP contribution in [0.3, 0.4) is 0 Å². The van der Waals surface area contributed by atoms with Crippen LogP contribution < -0.4 is 4.90 Å². The first-order valence-corrected chi connectivity index (χ1v) is 33.8. The van der Waals surface area contributed by atoms with Gasteiger partial charge in [0.25, 0.3) is 0 Å². The van der Waals surface area contributed by atoms with E-state index in [9.17, 15) is 9.59 Å². The summed E-state index contributed by atoms with van der Waals surface area (Å²) in [5.74, 6) is 0.0208. The Morgan fingerprint density at radius 2 is 1.24 bits per heavy atom. The highest BCUT2D eigenvalue weighted by Gasteiger charge is 2.73. The van der Waals surface area contributed by atoms with Gasteiger partial charge in [-0.1, -0.05) is 108 Å². The van der Waals surface area contributed by atoms with Gasteiger partial charge in [0.2, 0.25) is 24.1 Å². The fourth-order valence-electron chi connectivity index (χ4n) is 18.4. The molecule has 4 bridgehead atoms. The molecule has 2 unspecified atom stereocenters. The van der Waals surface area contributed by atoms with Crippen LogP contribution in [0, 0.1) is 47.3 Å². The molecular formula is C72H96ClN2O11+. The van der Waals surface area contributed by atoms with Crippen molar-refractivity contribution in [3.8, 4) is 0 Å². The molecule has 2 saturated carbocycles. The highest BCUT2D eigenvalue weighted by Crippen LogP contribution is 2.64. The van der Waals surface area contributed by atoms with Crippen molar-refractivity contribution >= 4 is 40.6 Å². The van der Waals surface area contributed by atoms with Crippen LogP contribution in [0.25, 0.3) is 0 Å². The summed E-state index contributed by atoms with van der Waals surface area (Å²) in [6.45, 7) is 23.9. The van der Waals surface area contributed by atoms with E-state index in [2.05, 4.69) is 138 Å². The number of para-hydroxylation sites is 2. The summed E-state index contributed by atoms with van der Waals surface area (Å²) in [5, 5.41) is 0.838. The fourth-order valence-corrected chi connectivity index (χ4v) is 18.7. The van der Waals surface area contributed by atoms with Crippen LogP contribution in [-0.4, -0.2) is 83.3 Å². The maximum absolute atomic E-state index is 13.6. The van der Waals surface area contributed by atoms with Crippen LogP contribution >= 0.6 is 11.6 Å². The third-order valence-corrected chi connectivity index (χ3v) is 23.7. The van der Waals surface area contributed by atoms with Crippen molar-refractivity contribution in [2.45, 2.75) is 250 Å². The van der Waals surface area contributed by atoms with E-state index in [1.54, 1.807) is 0 Å². The normalized spacial score (nSPS) is 39.8. The Kier molecular flexibility index (Phi) is 16.4. The first kappa shape index (κ1) is 60.7. The number of nitrogens with zero attached hydrogens (tertiary/aromatic N) is 2. The summed E-state index contributed by atoms with van der Waals surface area (Å²) in [6, 6.07) is 17.6. The number of rotatable bonds is 17. The summed E-state index contributed by atoms with van der Waals surface area (Å²) >= 11 is 7.48. The number of fused-ring (bicyclic) bond motifs is 5. The lowest BCUT2D eigenvalue weighted by Crippen LogP contribution is -2.70. The zero-order chi connectivity index (χ0) is 60.1. The van der Waals surface area contributed by atoms with E-state index in [1.807, 2.05) is 13.8 Å². The van der Waals surface area contributed by atoms with Crippen molar-refractivity contribution in [3.63, 3.8) is 0 Å². The molecule has 0 amide bonds. The topological polar surface area (TPSA) is 123 Å². The van der Waals surface area contributed by atoms with Crippen LogP contribution in [0.5, 0.6) is 0 Å². The molecule has 7 saturated heterocycles. The lowest BCUT2D eigenvalue weighted by molar-refractivity contribution is -0.576.